The van der Waals surface area contributed by atoms with Gasteiger partial charge in [-0.2, -0.15) is 5.26 Å². The van der Waals surface area contributed by atoms with E-state index in [1.807, 2.05) is 18.2 Å². The Labute approximate surface area is 161 Å². The van der Waals surface area contributed by atoms with Gasteiger partial charge in [0.25, 0.3) is 5.91 Å². The molecule has 0 saturated carbocycles. The van der Waals surface area contributed by atoms with E-state index >= 15 is 0 Å². The molecule has 0 spiro atoms. The van der Waals surface area contributed by atoms with Crippen LogP contribution in [0.4, 0.5) is 0 Å². The lowest BCUT2D eigenvalue weighted by Gasteiger charge is -2.26. The Morgan fingerprint density at radius 3 is 2.48 bits per heavy atom. The summed E-state index contributed by atoms with van der Waals surface area (Å²) >= 11 is 1.32. The topological polar surface area (TPSA) is 79.6 Å². The predicted molar refractivity (Wildman–Crippen MR) is 99.4 cm³/mol. The van der Waals surface area contributed by atoms with E-state index in [1.54, 1.807) is 35.2 Å². The van der Waals surface area contributed by atoms with E-state index in [9.17, 15) is 14.9 Å². The van der Waals surface area contributed by atoms with Gasteiger partial charge in [0.05, 0.1) is 24.3 Å². The highest BCUT2D eigenvalue weighted by Crippen LogP contribution is 2.32. The third-order valence-electron chi connectivity index (χ3n) is 4.02. The van der Waals surface area contributed by atoms with Crippen molar-refractivity contribution in [2.24, 2.45) is 0 Å². The van der Waals surface area contributed by atoms with Gasteiger partial charge in [0.2, 0.25) is 0 Å². The van der Waals surface area contributed by atoms with E-state index in [1.165, 1.54) is 11.8 Å². The van der Waals surface area contributed by atoms with E-state index in [-0.39, 0.29) is 12.5 Å². The molecule has 0 N–H and O–H groups in total. The maximum Gasteiger partial charge on any atom is 0.339 e. The van der Waals surface area contributed by atoms with Crippen molar-refractivity contribution >= 4 is 23.6 Å². The number of nitriles is 1. The first-order valence-electron chi connectivity index (χ1n) is 8.47. The first-order chi connectivity index (χ1) is 13.2. The first kappa shape index (κ1) is 19.0. The van der Waals surface area contributed by atoms with Gasteiger partial charge in [-0.15, -0.1) is 0 Å². The van der Waals surface area contributed by atoms with E-state index in [2.05, 4.69) is 6.07 Å². The fraction of sp³-hybridized carbons (Fsp3) is 0.250. The molecule has 138 valence electrons. The summed E-state index contributed by atoms with van der Waals surface area (Å²) in [6.45, 7) is 1.71. The fourth-order valence-electron chi connectivity index (χ4n) is 2.60. The van der Waals surface area contributed by atoms with Gasteiger partial charge in [0, 0.05) is 22.9 Å². The highest BCUT2D eigenvalue weighted by Gasteiger charge is 2.20. The summed E-state index contributed by atoms with van der Waals surface area (Å²) in [5.74, 6) is -0.791. The largest absolute Gasteiger partial charge is 0.452 e. The molecule has 0 atom stereocenters. The summed E-state index contributed by atoms with van der Waals surface area (Å²) in [7, 11) is 0. The van der Waals surface area contributed by atoms with Crippen LogP contribution in [0.3, 0.4) is 0 Å². The van der Waals surface area contributed by atoms with E-state index in [0.717, 1.165) is 4.90 Å². The molecule has 1 aliphatic rings. The summed E-state index contributed by atoms with van der Waals surface area (Å²) in [6.07, 6.45) is 0. The second-order valence-corrected chi connectivity index (χ2v) is 6.86. The van der Waals surface area contributed by atoms with Crippen molar-refractivity contribution in [1.29, 1.82) is 5.26 Å². The maximum atomic E-state index is 12.5. The van der Waals surface area contributed by atoms with Crippen LogP contribution in [0, 0.1) is 11.3 Å². The normalized spacial score (nSPS) is 13.7. The molecule has 27 heavy (non-hydrogen) atoms. The quantitative estimate of drug-likeness (QED) is 0.740. The fourth-order valence-corrected chi connectivity index (χ4v) is 3.61. The molecule has 0 aromatic heterocycles. The van der Waals surface area contributed by atoms with Gasteiger partial charge in [0.15, 0.2) is 6.61 Å². The minimum Gasteiger partial charge on any atom is -0.452 e. The zero-order valence-corrected chi connectivity index (χ0v) is 15.4. The average molecular weight is 382 g/mol. The first-order valence-corrected chi connectivity index (χ1v) is 9.29. The van der Waals surface area contributed by atoms with Crippen molar-refractivity contribution in [1.82, 2.24) is 4.90 Å². The number of ether oxygens (including phenoxy) is 2. The summed E-state index contributed by atoms with van der Waals surface area (Å²) in [6, 6.07) is 16.3. The molecular formula is C20H18N2O4S. The molecule has 1 amide bonds. The number of carbonyl (C=O) groups excluding carboxylic acids is 2. The molecule has 1 saturated heterocycles. The van der Waals surface area contributed by atoms with Crippen LogP contribution in [0.2, 0.25) is 0 Å². The number of esters is 1. The number of hydrogen-bond acceptors (Lipinski definition) is 6. The highest BCUT2D eigenvalue weighted by atomic mass is 32.2. The molecule has 0 radical (unpaired) electrons. The smallest absolute Gasteiger partial charge is 0.339 e. The minimum atomic E-state index is -0.561. The molecule has 3 rings (SSSR count). The van der Waals surface area contributed by atoms with Gasteiger partial charge < -0.3 is 14.4 Å². The third kappa shape index (κ3) is 4.88. The van der Waals surface area contributed by atoms with Crippen LogP contribution >= 0.6 is 11.8 Å². The number of benzene rings is 2. The monoisotopic (exact) mass is 382 g/mol. The van der Waals surface area contributed by atoms with Gasteiger partial charge in [-0.05, 0) is 24.3 Å². The highest BCUT2D eigenvalue weighted by molar-refractivity contribution is 7.99. The van der Waals surface area contributed by atoms with Gasteiger partial charge in [-0.3, -0.25) is 4.79 Å². The number of morpholine rings is 1. The third-order valence-corrected chi connectivity index (χ3v) is 5.18. The average Bonchev–Trinajstić information content (AvgIpc) is 2.73. The molecule has 6 nitrogen and oxygen atoms in total. The Morgan fingerprint density at radius 2 is 1.74 bits per heavy atom. The standard InChI is InChI=1S/C20H18N2O4S/c21-13-15-5-1-3-7-17(15)27-18-8-4-2-6-16(18)20(24)26-14-19(23)22-9-11-25-12-10-22/h1-8H,9-12,14H2. The van der Waals surface area contributed by atoms with Gasteiger partial charge >= 0.3 is 5.97 Å². The second-order valence-electron chi connectivity index (χ2n) is 5.78. The van der Waals surface area contributed by atoms with E-state index in [4.69, 9.17) is 9.47 Å². The van der Waals surface area contributed by atoms with Crippen LogP contribution in [-0.2, 0) is 14.3 Å². The molecule has 1 fully saturated rings. The van der Waals surface area contributed by atoms with Crippen LogP contribution in [0.15, 0.2) is 58.3 Å². The lowest BCUT2D eigenvalue weighted by molar-refractivity contribution is -0.138. The number of rotatable bonds is 5. The predicted octanol–water partition coefficient (Wildman–Crippen LogP) is 2.73. The Balaban J connectivity index is 1.68. The second kappa shape index (κ2) is 9.21. The van der Waals surface area contributed by atoms with Crippen LogP contribution < -0.4 is 0 Å². The number of hydrogen-bond donors (Lipinski definition) is 0. The van der Waals surface area contributed by atoms with Crippen molar-refractivity contribution in [3.05, 3.63) is 59.7 Å². The summed E-state index contributed by atoms with van der Waals surface area (Å²) in [5.41, 5.74) is 0.901. The Morgan fingerprint density at radius 1 is 1.07 bits per heavy atom. The van der Waals surface area contributed by atoms with Crippen molar-refractivity contribution in [2.75, 3.05) is 32.9 Å². The summed E-state index contributed by atoms with van der Waals surface area (Å²) < 4.78 is 10.4. The molecule has 7 heteroatoms. The molecule has 0 aliphatic carbocycles. The van der Waals surface area contributed by atoms with Crippen LogP contribution in [0.1, 0.15) is 15.9 Å². The molecule has 1 aliphatic heterocycles. The van der Waals surface area contributed by atoms with Crippen LogP contribution in [0.5, 0.6) is 0 Å². The molecule has 1 heterocycles. The minimum absolute atomic E-state index is 0.230. The van der Waals surface area contributed by atoms with Crippen molar-refractivity contribution < 1.29 is 19.1 Å². The Bertz CT molecular complexity index is 872. The molecule has 2 aromatic rings. The molecular weight excluding hydrogens is 364 g/mol. The molecule has 0 bridgehead atoms. The lowest BCUT2D eigenvalue weighted by atomic mass is 10.2. The Kier molecular flexibility index (Phi) is 6.47. The number of amides is 1. The van der Waals surface area contributed by atoms with Gasteiger partial charge in [0.1, 0.15) is 6.07 Å². The lowest BCUT2D eigenvalue weighted by Crippen LogP contribution is -2.42. The molecule has 2 aromatic carbocycles. The van der Waals surface area contributed by atoms with Crippen molar-refractivity contribution in [3.63, 3.8) is 0 Å². The van der Waals surface area contributed by atoms with Gasteiger partial charge in [-0.1, -0.05) is 36.0 Å². The van der Waals surface area contributed by atoms with Crippen LogP contribution in [0.25, 0.3) is 0 Å². The SMILES string of the molecule is N#Cc1ccccc1Sc1ccccc1C(=O)OCC(=O)N1CCOCC1. The zero-order chi connectivity index (χ0) is 19.1. The van der Waals surface area contributed by atoms with Crippen molar-refractivity contribution in [3.8, 4) is 6.07 Å². The summed E-state index contributed by atoms with van der Waals surface area (Å²) in [5, 5.41) is 9.24. The molecule has 0 unspecified atom stereocenters. The maximum absolute atomic E-state index is 12.5. The van der Waals surface area contributed by atoms with E-state index < -0.39 is 5.97 Å². The summed E-state index contributed by atoms with van der Waals surface area (Å²) in [4.78, 5) is 27.7. The zero-order valence-electron chi connectivity index (χ0n) is 14.6. The van der Waals surface area contributed by atoms with E-state index in [0.29, 0.717) is 42.3 Å². The van der Waals surface area contributed by atoms with Gasteiger partial charge in [-0.25, -0.2) is 4.79 Å². The number of carbonyl (C=O) groups is 2. The van der Waals surface area contributed by atoms with Crippen molar-refractivity contribution in [2.45, 2.75) is 9.79 Å². The van der Waals surface area contributed by atoms with Crippen LogP contribution in [-0.4, -0.2) is 49.7 Å². The Hall–Kier alpha value is -2.82. The number of nitrogens with zero attached hydrogens (tertiary/aromatic N) is 2.